The first kappa shape index (κ1) is 22.4. The molecular weight excluding hydrogens is 605 g/mol. The summed E-state index contributed by atoms with van der Waals surface area (Å²) < 4.78 is 65.9. The second-order valence-electron chi connectivity index (χ2n) is 13.4. The molecule has 0 N–H and O–H groups in total. The van der Waals surface area contributed by atoms with Gasteiger partial charge in [-0.25, -0.2) is 4.98 Å². The van der Waals surface area contributed by atoms with Gasteiger partial charge in [-0.05, 0) is 84.7 Å². The Kier molecular flexibility index (Phi) is 4.87. The molecule has 2 nitrogen and oxygen atoms in total. The average molecular weight is 646 g/mol. The third kappa shape index (κ3) is 4.12. The zero-order valence-electron chi connectivity index (χ0n) is 34.5. The van der Waals surface area contributed by atoms with E-state index in [0.29, 0.717) is 22.3 Å². The Morgan fingerprint density at radius 3 is 1.88 bits per heavy atom. The monoisotopic (exact) mass is 645 g/mol. The molecule has 50 heavy (non-hydrogen) atoms. The molecule has 0 fully saturated rings. The van der Waals surface area contributed by atoms with Crippen molar-refractivity contribution in [3.05, 3.63) is 181 Å². The van der Waals surface area contributed by atoms with Gasteiger partial charge in [-0.15, -0.1) is 0 Å². The van der Waals surface area contributed by atoms with Crippen LogP contribution in [0.1, 0.15) is 34.6 Å². The van der Waals surface area contributed by atoms with Crippen LogP contribution in [0, 0.1) is 0 Å². The van der Waals surface area contributed by atoms with E-state index in [2.05, 4.69) is 47.0 Å². The van der Waals surface area contributed by atoms with Gasteiger partial charge >= 0.3 is 0 Å². The van der Waals surface area contributed by atoms with Crippen molar-refractivity contribution in [2.45, 2.75) is 19.3 Å². The Hall–Kier alpha value is -6.25. The summed E-state index contributed by atoms with van der Waals surface area (Å²) in [5, 5.41) is 3.46. The Balaban J connectivity index is 1.30. The van der Waals surface area contributed by atoms with Crippen molar-refractivity contribution >= 4 is 32.6 Å². The first-order valence-electron chi connectivity index (χ1n) is 20.3. The molecule has 1 aliphatic rings. The summed E-state index contributed by atoms with van der Waals surface area (Å²) in [6.07, 6.45) is 0. The first-order chi connectivity index (χ1) is 27.5. The van der Waals surface area contributed by atoms with Crippen molar-refractivity contribution in [3.8, 4) is 50.5 Å². The van der Waals surface area contributed by atoms with E-state index in [1.54, 1.807) is 0 Å². The molecule has 0 bridgehead atoms. The van der Waals surface area contributed by atoms with E-state index >= 15 is 0 Å². The molecule has 2 heteroatoms. The fraction of sp³-hybridized carbons (Fsp3) is 0.0625. The third-order valence-corrected chi connectivity index (χ3v) is 10.2. The summed E-state index contributed by atoms with van der Waals surface area (Å²) in [5.41, 5.74) is 6.90. The van der Waals surface area contributed by atoms with E-state index in [9.17, 15) is 4.11 Å². The van der Waals surface area contributed by atoms with Gasteiger partial charge < -0.3 is 0 Å². The van der Waals surface area contributed by atoms with E-state index in [-0.39, 0.29) is 47.4 Å². The summed E-state index contributed by atoms with van der Waals surface area (Å²) in [5.74, 6) is 0.818. The van der Waals surface area contributed by atoms with Crippen molar-refractivity contribution in [2.24, 2.45) is 0 Å². The lowest BCUT2D eigenvalue weighted by molar-refractivity contribution is 0.660. The second kappa shape index (κ2) is 10.9. The minimum atomic E-state index is -1.04. The Labute approximate surface area is 301 Å². The summed E-state index contributed by atoms with van der Waals surface area (Å²) in [6, 6.07) is 41.3. The van der Waals surface area contributed by atoms with Crippen LogP contribution in [-0.4, -0.2) is 9.55 Å². The SMILES string of the molecule is [2H]c1c([2H])c([2H])c2c(c1[2H])-c1c([2H])c([2H])c(-c3c4ccccc4c(-c4ccccc4-n4c(-c5ccccc5)nc5ccccc54)c4ccccc34)c([2H])c1C2(C)C. The van der Waals surface area contributed by atoms with Crippen LogP contribution < -0.4 is 0 Å². The van der Waals surface area contributed by atoms with Crippen molar-refractivity contribution in [3.63, 3.8) is 0 Å². The van der Waals surface area contributed by atoms with Crippen LogP contribution in [0.15, 0.2) is 170 Å². The highest BCUT2D eigenvalue weighted by molar-refractivity contribution is 6.22. The maximum absolute atomic E-state index is 9.93. The molecule has 0 saturated heterocycles. The number of rotatable bonds is 4. The number of nitrogens with zero attached hydrogens (tertiary/aromatic N) is 2. The molecule has 9 aromatic rings. The molecule has 236 valence electrons. The minimum Gasteiger partial charge on any atom is -0.292 e. The predicted octanol–water partition coefficient (Wildman–Crippen LogP) is 12.6. The topological polar surface area (TPSA) is 17.8 Å². The maximum Gasteiger partial charge on any atom is 0.145 e. The van der Waals surface area contributed by atoms with E-state index in [0.717, 1.165) is 60.8 Å². The van der Waals surface area contributed by atoms with Crippen LogP contribution in [0.25, 0.3) is 83.0 Å². The van der Waals surface area contributed by atoms with E-state index in [1.807, 2.05) is 98.8 Å². The van der Waals surface area contributed by atoms with Crippen LogP contribution in [-0.2, 0) is 5.41 Å². The number of benzene rings is 8. The highest BCUT2D eigenvalue weighted by Gasteiger charge is 2.35. The average Bonchev–Trinajstić information content (AvgIpc) is 3.74. The molecule has 0 radical (unpaired) electrons. The molecule has 10 rings (SSSR count). The highest BCUT2D eigenvalue weighted by Crippen LogP contribution is 2.51. The summed E-state index contributed by atoms with van der Waals surface area (Å²) in [4.78, 5) is 5.13. The summed E-state index contributed by atoms with van der Waals surface area (Å²) >= 11 is 0. The minimum absolute atomic E-state index is 0.0462. The van der Waals surface area contributed by atoms with Gasteiger partial charge in [0.2, 0.25) is 0 Å². The van der Waals surface area contributed by atoms with Gasteiger partial charge in [-0.3, -0.25) is 4.57 Å². The van der Waals surface area contributed by atoms with Crippen LogP contribution in [0.4, 0.5) is 0 Å². The summed E-state index contributed by atoms with van der Waals surface area (Å²) in [7, 11) is 0. The fourth-order valence-corrected chi connectivity index (χ4v) is 7.90. The number of fused-ring (bicyclic) bond motifs is 6. The standard InChI is InChI=1S/C48H34N2/c1-48(2)40-24-12-10-18-33(40)34-29-28-32(30-41(34)48)45-35-19-6-8-21-37(35)46(38-22-9-7-20-36(38)45)39-23-11-14-26-43(39)50-44-27-15-13-25-42(44)49-47(50)31-16-4-3-5-17-31/h3-30H,1-2H3/i10D,12D,18D,24D,28D,29D,30D. The van der Waals surface area contributed by atoms with Gasteiger partial charge in [-0.2, -0.15) is 0 Å². The van der Waals surface area contributed by atoms with Gasteiger partial charge in [0.1, 0.15) is 5.82 Å². The normalized spacial score (nSPS) is 15.1. The molecule has 1 aromatic heterocycles. The van der Waals surface area contributed by atoms with Crippen LogP contribution in [0.5, 0.6) is 0 Å². The lowest BCUT2D eigenvalue weighted by Gasteiger charge is -2.23. The zero-order chi connectivity index (χ0) is 39.5. The number of para-hydroxylation sites is 3. The molecule has 0 saturated carbocycles. The lowest BCUT2D eigenvalue weighted by atomic mass is 9.80. The van der Waals surface area contributed by atoms with Gasteiger partial charge in [0.25, 0.3) is 0 Å². The van der Waals surface area contributed by atoms with E-state index in [1.165, 1.54) is 0 Å². The Bertz CT molecular complexity index is 3130. The largest absolute Gasteiger partial charge is 0.292 e. The molecule has 8 aromatic carbocycles. The van der Waals surface area contributed by atoms with Crippen molar-refractivity contribution in [1.82, 2.24) is 9.55 Å². The van der Waals surface area contributed by atoms with Crippen LogP contribution in [0.2, 0.25) is 0 Å². The molecule has 0 atom stereocenters. The Morgan fingerprint density at radius 2 is 1.12 bits per heavy atom. The quantitative estimate of drug-likeness (QED) is 0.174. The molecule has 0 spiro atoms. The van der Waals surface area contributed by atoms with Gasteiger partial charge in [0, 0.05) is 16.5 Å². The number of hydrogen-bond donors (Lipinski definition) is 0. The Morgan fingerprint density at radius 1 is 0.520 bits per heavy atom. The summed E-state index contributed by atoms with van der Waals surface area (Å²) in [6.45, 7) is 3.70. The molecule has 1 aliphatic carbocycles. The van der Waals surface area contributed by atoms with E-state index in [4.69, 9.17) is 10.5 Å². The molecular formula is C48H34N2. The smallest absolute Gasteiger partial charge is 0.145 e. The van der Waals surface area contributed by atoms with Gasteiger partial charge in [0.15, 0.2) is 0 Å². The second-order valence-corrected chi connectivity index (χ2v) is 13.4. The number of aromatic nitrogens is 2. The molecule has 0 amide bonds. The number of imidazole rings is 1. The van der Waals surface area contributed by atoms with Gasteiger partial charge in [0.05, 0.1) is 26.3 Å². The van der Waals surface area contributed by atoms with Crippen LogP contribution in [0.3, 0.4) is 0 Å². The van der Waals surface area contributed by atoms with E-state index < -0.39 is 11.5 Å². The zero-order valence-corrected chi connectivity index (χ0v) is 27.5. The maximum atomic E-state index is 9.93. The predicted molar refractivity (Wildman–Crippen MR) is 210 cm³/mol. The number of hydrogen-bond acceptors (Lipinski definition) is 1. The van der Waals surface area contributed by atoms with Crippen molar-refractivity contribution in [2.75, 3.05) is 0 Å². The van der Waals surface area contributed by atoms with Gasteiger partial charge in [-0.1, -0.05) is 159 Å². The van der Waals surface area contributed by atoms with Crippen molar-refractivity contribution < 1.29 is 9.60 Å². The highest BCUT2D eigenvalue weighted by atomic mass is 15.1. The van der Waals surface area contributed by atoms with Crippen molar-refractivity contribution in [1.29, 1.82) is 0 Å². The lowest BCUT2D eigenvalue weighted by Crippen LogP contribution is -2.14. The molecule has 1 heterocycles. The molecule has 0 unspecified atom stereocenters. The first-order valence-corrected chi connectivity index (χ1v) is 16.8. The van der Waals surface area contributed by atoms with Crippen LogP contribution >= 0.6 is 0 Å². The molecule has 0 aliphatic heterocycles. The third-order valence-electron chi connectivity index (χ3n) is 10.2. The fourth-order valence-electron chi connectivity index (χ4n) is 7.90.